The van der Waals surface area contributed by atoms with Crippen molar-refractivity contribution >= 4 is 71.3 Å². The number of benzene rings is 9. The SMILES string of the molecule is N#CC1(C(=O)OCc2ccccc2)CCC(=O)O1.O=C1CCC(F)(C(=O)OCc2ccccc2)O1.O=C1OC(Cl)(C(=O)OCc2ccccc2)c2ccccc21.O=C1OC(Oc2ccc(F)cc2)(C(=O)O)c2ccccc21.O=C1OC(Oc2ccc(F)cc2)(C(=O)OCc2ccccc2)c2ccccc21. The van der Waals surface area contributed by atoms with Gasteiger partial charge >= 0.3 is 82.2 Å². The summed E-state index contributed by atoms with van der Waals surface area (Å²) in [5.74, 6) is -16.2. The molecular formula is C78H57ClF3NO22. The topological polar surface area (TPSA) is 316 Å². The largest absolute Gasteiger partial charge is 0.475 e. The van der Waals surface area contributed by atoms with E-state index in [2.05, 4.69) is 4.74 Å². The van der Waals surface area contributed by atoms with Gasteiger partial charge in [0.2, 0.25) is 0 Å². The number of ether oxygens (including phenoxy) is 11. The fourth-order valence-corrected chi connectivity index (χ4v) is 10.7. The summed E-state index contributed by atoms with van der Waals surface area (Å²) in [5.41, 5.74) is 2.66. The number of carboxylic acid groups (broad SMARTS) is 1. The summed E-state index contributed by atoms with van der Waals surface area (Å²) < 4.78 is 95.8. The molecular weight excluding hydrogens is 1400 g/mol. The Morgan fingerprint density at radius 1 is 0.410 bits per heavy atom. The molecule has 0 saturated carbocycles. The van der Waals surface area contributed by atoms with Crippen LogP contribution >= 0.6 is 11.6 Å². The maximum atomic E-state index is 13.7. The quantitative estimate of drug-likeness (QED) is 0.0503. The lowest BCUT2D eigenvalue weighted by Gasteiger charge is -2.27. The van der Waals surface area contributed by atoms with Crippen molar-refractivity contribution in [1.82, 2.24) is 0 Å². The van der Waals surface area contributed by atoms with Gasteiger partial charge in [-0.3, -0.25) is 9.59 Å². The van der Waals surface area contributed by atoms with Gasteiger partial charge in [-0.25, -0.2) is 47.1 Å². The van der Waals surface area contributed by atoms with Gasteiger partial charge in [-0.05, 0) is 101 Å². The van der Waals surface area contributed by atoms with Crippen molar-refractivity contribution in [2.45, 2.75) is 80.2 Å². The highest BCUT2D eigenvalue weighted by molar-refractivity contribution is 6.35. The third-order valence-corrected chi connectivity index (χ3v) is 16.2. The molecule has 5 aliphatic heterocycles. The molecule has 9 aromatic carbocycles. The van der Waals surface area contributed by atoms with Crippen molar-refractivity contribution in [3.8, 4) is 17.6 Å². The van der Waals surface area contributed by atoms with Crippen molar-refractivity contribution in [2.24, 2.45) is 0 Å². The zero-order valence-corrected chi connectivity index (χ0v) is 55.5. The minimum Gasteiger partial charge on any atom is -0.475 e. The highest BCUT2D eigenvalue weighted by Crippen LogP contribution is 2.43. The molecule has 23 nitrogen and oxygen atoms in total. The van der Waals surface area contributed by atoms with Crippen molar-refractivity contribution < 1.29 is 118 Å². The molecule has 0 amide bonds. The highest BCUT2D eigenvalue weighted by atomic mass is 35.5. The number of hydrogen-bond donors (Lipinski definition) is 1. The van der Waals surface area contributed by atoms with Crippen molar-refractivity contribution in [3.63, 3.8) is 0 Å². The Morgan fingerprint density at radius 2 is 0.752 bits per heavy atom. The van der Waals surface area contributed by atoms with E-state index >= 15 is 0 Å². The first-order valence-electron chi connectivity index (χ1n) is 31.7. The fraction of sp³-hybridized carbons (Fsp3) is 0.167. The summed E-state index contributed by atoms with van der Waals surface area (Å²) in [6, 6.07) is 66.8. The summed E-state index contributed by atoms with van der Waals surface area (Å²) in [6.07, 6.45) is -0.264. The van der Waals surface area contributed by atoms with Crippen molar-refractivity contribution in [2.75, 3.05) is 0 Å². The molecule has 2 fully saturated rings. The van der Waals surface area contributed by atoms with E-state index in [1.807, 2.05) is 72.8 Å². The van der Waals surface area contributed by atoms with Crippen LogP contribution in [0.4, 0.5) is 13.2 Å². The van der Waals surface area contributed by atoms with Crippen LogP contribution in [0, 0.1) is 23.0 Å². The van der Waals surface area contributed by atoms with Gasteiger partial charge in [-0.2, -0.15) is 9.65 Å². The number of nitrogens with zero attached hydrogens (tertiary/aromatic N) is 1. The van der Waals surface area contributed by atoms with Crippen LogP contribution in [0.25, 0.3) is 0 Å². The predicted molar refractivity (Wildman–Crippen MR) is 356 cm³/mol. The minimum absolute atomic E-state index is 0.0199. The molecule has 2 saturated heterocycles. The standard InChI is InChI=1S/C22H15FO5.C16H11ClO4.C15H9FO5.C13H11NO4.C12H11FO4/c23-16-10-12-17(13-11-16)27-22(19-9-5-4-8-18(19)20(24)28-22)21(25)26-14-15-6-2-1-3-7-15;17-16(13-9-5-4-8-12(13)14(18)21-16)15(19)20-10-11-6-2-1-3-7-11;16-9-5-7-10(8-6-9)20-15(14(18)19)12-4-2-1-3-11(12)13(17)21-15;14-9-13(7-6-11(15)18-13)12(16)17-8-10-4-2-1-3-5-10;13-12(7-6-10(14)17-12)11(15)16-8-9-4-2-1-3-5-9/h1-13H,14H2;1-9H,10H2;1-8H,(H,18,19);1-5H,6-8H2;1-5H,6-8H2. The van der Waals surface area contributed by atoms with Gasteiger partial charge in [0.25, 0.3) is 5.60 Å². The second-order valence-electron chi connectivity index (χ2n) is 22.9. The Labute approximate surface area is 599 Å². The van der Waals surface area contributed by atoms with Crippen LogP contribution in [-0.2, 0) is 119 Å². The van der Waals surface area contributed by atoms with E-state index < -0.39 is 99.4 Å². The van der Waals surface area contributed by atoms with E-state index in [9.17, 15) is 66.2 Å². The summed E-state index contributed by atoms with van der Waals surface area (Å²) >= 11 is 6.20. The zero-order valence-electron chi connectivity index (χ0n) is 54.7. The monoisotopic (exact) mass is 1450 g/mol. The normalized spacial score (nSPS) is 20.1. The number of nitriles is 1. The molecule has 0 spiro atoms. The summed E-state index contributed by atoms with van der Waals surface area (Å²) in [7, 11) is 0. The lowest BCUT2D eigenvalue weighted by Crippen LogP contribution is -2.43. The molecule has 0 bridgehead atoms. The minimum atomic E-state index is -2.61. The van der Waals surface area contributed by atoms with Crippen molar-refractivity contribution in [1.29, 1.82) is 5.26 Å². The maximum Gasteiger partial charge on any atom is 0.398 e. The number of aliphatic carboxylic acids is 1. The molecule has 1 N–H and O–H groups in total. The number of carboxylic acids is 1. The van der Waals surface area contributed by atoms with Gasteiger partial charge in [0, 0.05) is 18.4 Å². The average molecular weight is 1450 g/mol. The van der Waals surface area contributed by atoms with Crippen LogP contribution in [-0.4, -0.2) is 76.3 Å². The number of esters is 9. The molecule has 5 heterocycles. The number of hydrogen-bond acceptors (Lipinski definition) is 22. The number of cyclic esters (lactones) is 5. The number of carbonyl (C=O) groups excluding carboxylic acids is 9. The number of rotatable bonds is 17. The van der Waals surface area contributed by atoms with E-state index in [0.29, 0.717) is 5.56 Å². The second-order valence-corrected chi connectivity index (χ2v) is 23.4. The van der Waals surface area contributed by atoms with Gasteiger partial charge in [-0.1, -0.05) is 175 Å². The van der Waals surface area contributed by atoms with E-state index in [1.54, 1.807) is 109 Å². The smallest absolute Gasteiger partial charge is 0.398 e. The van der Waals surface area contributed by atoms with Crippen LogP contribution in [0.15, 0.2) is 243 Å². The number of fused-ring (bicyclic) bond motifs is 3. The molecule has 534 valence electrons. The highest BCUT2D eigenvalue weighted by Gasteiger charge is 2.58. The molecule has 27 heteroatoms. The van der Waals surface area contributed by atoms with Gasteiger partial charge < -0.3 is 57.2 Å². The molecule has 0 aliphatic carbocycles. The molecule has 5 atom stereocenters. The van der Waals surface area contributed by atoms with E-state index in [0.717, 1.165) is 34.4 Å². The van der Waals surface area contributed by atoms with E-state index in [4.69, 9.17) is 64.2 Å². The lowest BCUT2D eigenvalue weighted by molar-refractivity contribution is -0.202. The Balaban J connectivity index is 0.000000142. The van der Waals surface area contributed by atoms with Crippen LogP contribution < -0.4 is 9.47 Å². The third kappa shape index (κ3) is 17.6. The van der Waals surface area contributed by atoms with E-state index in [1.165, 1.54) is 54.6 Å². The van der Waals surface area contributed by atoms with Gasteiger partial charge in [0.05, 0.1) is 40.7 Å². The number of halogens is 4. The van der Waals surface area contributed by atoms with Crippen LogP contribution in [0.1, 0.15) is 95.7 Å². The number of alkyl halides is 2. The number of carbonyl (C=O) groups is 10. The van der Waals surface area contributed by atoms with Crippen LogP contribution in [0.3, 0.4) is 0 Å². The molecule has 5 aliphatic rings. The summed E-state index contributed by atoms with van der Waals surface area (Å²) in [5, 5.41) is 16.5. The first-order chi connectivity index (χ1) is 50.5. The third-order valence-electron chi connectivity index (χ3n) is 15.7. The first kappa shape index (κ1) is 74.5. The molecule has 105 heavy (non-hydrogen) atoms. The molecule has 0 aromatic heterocycles. The Morgan fingerprint density at radius 3 is 1.16 bits per heavy atom. The van der Waals surface area contributed by atoms with Crippen LogP contribution in [0.2, 0.25) is 0 Å². The summed E-state index contributed by atoms with van der Waals surface area (Å²) in [6.45, 7) is 0.0608. The molecule has 0 radical (unpaired) electrons. The van der Waals surface area contributed by atoms with Crippen LogP contribution in [0.5, 0.6) is 11.5 Å². The fourth-order valence-electron chi connectivity index (χ4n) is 10.4. The maximum absolute atomic E-state index is 13.7. The Bertz CT molecular complexity index is 4750. The molecule has 9 aromatic rings. The lowest BCUT2D eigenvalue weighted by atomic mass is 10.0. The van der Waals surface area contributed by atoms with E-state index in [-0.39, 0.29) is 91.4 Å². The predicted octanol–water partition coefficient (Wildman–Crippen LogP) is 12.3. The van der Waals surface area contributed by atoms with Gasteiger partial charge in [0.15, 0.2) is 0 Å². The molecule has 5 unspecified atom stereocenters. The zero-order chi connectivity index (χ0) is 74.8. The summed E-state index contributed by atoms with van der Waals surface area (Å²) in [4.78, 5) is 118. The average Bonchev–Trinajstić information content (AvgIpc) is 1.62. The first-order valence-corrected chi connectivity index (χ1v) is 32.0. The Kier molecular flexibility index (Phi) is 23.5. The van der Waals surface area contributed by atoms with Gasteiger partial charge in [0.1, 0.15) is 55.6 Å². The molecule has 14 rings (SSSR count). The second kappa shape index (κ2) is 33.1. The van der Waals surface area contributed by atoms with Gasteiger partial charge in [-0.15, -0.1) is 0 Å². The Hall–Kier alpha value is -13.2. The van der Waals surface area contributed by atoms with Crippen molar-refractivity contribution in [3.05, 3.63) is 310 Å².